The van der Waals surface area contributed by atoms with Crippen LogP contribution in [-0.2, 0) is 27.2 Å². The fraction of sp³-hybridized carbons (Fsp3) is 0.222. The zero-order valence-electron chi connectivity index (χ0n) is 14.3. The van der Waals surface area contributed by atoms with Gasteiger partial charge in [-0.2, -0.15) is 0 Å². The van der Waals surface area contributed by atoms with Gasteiger partial charge in [0.15, 0.2) is 0 Å². The Bertz CT molecular complexity index is 835. The Kier molecular flexibility index (Phi) is 6.53. The van der Waals surface area contributed by atoms with Crippen LogP contribution in [0.3, 0.4) is 0 Å². The van der Waals surface area contributed by atoms with Gasteiger partial charge in [-0.3, -0.25) is 14.9 Å². The van der Waals surface area contributed by atoms with Crippen LogP contribution in [0, 0.1) is 21.7 Å². The molecule has 0 aromatic heterocycles. The Morgan fingerprint density at radius 3 is 2.26 bits per heavy atom. The standard InChI is InChI=1S/C18H16F2N2O5/c1-27-18(24)16(9-11-5-7-12(8-6-11)22(25)26)21-17(23)10-13-14(19)3-2-4-15(13)20/h2-8,16H,9-10H2,1H3,(H,21,23)/t16-/m1/s1. The number of amides is 1. The van der Waals surface area contributed by atoms with E-state index >= 15 is 0 Å². The Hall–Kier alpha value is -3.36. The largest absolute Gasteiger partial charge is 0.467 e. The third-order valence-corrected chi connectivity index (χ3v) is 3.81. The first kappa shape index (κ1) is 20.0. The average molecular weight is 378 g/mol. The first-order valence-electron chi connectivity index (χ1n) is 7.85. The molecule has 7 nitrogen and oxygen atoms in total. The predicted octanol–water partition coefficient (Wildman–Crippen LogP) is 2.32. The molecule has 0 saturated heterocycles. The van der Waals surface area contributed by atoms with Gasteiger partial charge in [0, 0.05) is 24.1 Å². The number of carbonyl (C=O) groups is 2. The highest BCUT2D eigenvalue weighted by Gasteiger charge is 2.23. The van der Waals surface area contributed by atoms with E-state index in [2.05, 4.69) is 10.1 Å². The normalized spacial score (nSPS) is 11.5. The number of nitrogens with one attached hydrogen (secondary N) is 1. The Morgan fingerprint density at radius 2 is 1.74 bits per heavy atom. The van der Waals surface area contributed by atoms with Crippen molar-refractivity contribution in [1.29, 1.82) is 0 Å². The lowest BCUT2D eigenvalue weighted by Gasteiger charge is -2.17. The van der Waals surface area contributed by atoms with Crippen molar-refractivity contribution in [2.24, 2.45) is 0 Å². The number of ether oxygens (including phenoxy) is 1. The number of carbonyl (C=O) groups excluding carboxylic acids is 2. The lowest BCUT2D eigenvalue weighted by molar-refractivity contribution is -0.384. The third kappa shape index (κ3) is 5.30. The minimum absolute atomic E-state index is 0.00381. The minimum Gasteiger partial charge on any atom is -0.467 e. The van der Waals surface area contributed by atoms with E-state index in [0.29, 0.717) is 5.56 Å². The van der Waals surface area contributed by atoms with Crippen LogP contribution < -0.4 is 5.32 Å². The molecule has 9 heteroatoms. The molecule has 1 N–H and O–H groups in total. The molecule has 27 heavy (non-hydrogen) atoms. The SMILES string of the molecule is COC(=O)[C@@H](Cc1ccc([N+](=O)[O-])cc1)NC(=O)Cc1c(F)cccc1F. The second-order valence-corrected chi connectivity index (χ2v) is 5.65. The van der Waals surface area contributed by atoms with E-state index in [0.717, 1.165) is 19.2 Å². The van der Waals surface area contributed by atoms with Crippen molar-refractivity contribution in [2.75, 3.05) is 7.11 Å². The molecule has 0 aliphatic carbocycles. The van der Waals surface area contributed by atoms with E-state index in [9.17, 15) is 28.5 Å². The van der Waals surface area contributed by atoms with Crippen molar-refractivity contribution in [3.8, 4) is 0 Å². The number of nitro benzene ring substituents is 1. The first-order valence-corrected chi connectivity index (χ1v) is 7.85. The van der Waals surface area contributed by atoms with Crippen molar-refractivity contribution < 1.29 is 28.0 Å². The molecule has 0 spiro atoms. The van der Waals surface area contributed by atoms with Crippen LogP contribution in [0.15, 0.2) is 42.5 Å². The second kappa shape index (κ2) is 8.84. The Balaban J connectivity index is 2.11. The summed E-state index contributed by atoms with van der Waals surface area (Å²) in [6, 6.07) is 7.53. The van der Waals surface area contributed by atoms with E-state index in [1.807, 2.05) is 0 Å². The maximum absolute atomic E-state index is 13.7. The van der Waals surface area contributed by atoms with Crippen LogP contribution in [-0.4, -0.2) is 30.0 Å². The number of halogens is 2. The summed E-state index contributed by atoms with van der Waals surface area (Å²) in [4.78, 5) is 34.2. The topological polar surface area (TPSA) is 98.5 Å². The Labute approximate surface area is 153 Å². The molecule has 0 aliphatic rings. The quantitative estimate of drug-likeness (QED) is 0.453. The monoisotopic (exact) mass is 378 g/mol. The molecule has 0 bridgehead atoms. The number of hydrogen-bond donors (Lipinski definition) is 1. The predicted molar refractivity (Wildman–Crippen MR) is 90.8 cm³/mol. The zero-order valence-corrected chi connectivity index (χ0v) is 14.3. The van der Waals surface area contributed by atoms with Gasteiger partial charge < -0.3 is 10.1 Å². The Morgan fingerprint density at radius 1 is 1.15 bits per heavy atom. The molecule has 0 saturated carbocycles. The number of methoxy groups -OCH3 is 1. The van der Waals surface area contributed by atoms with E-state index in [4.69, 9.17) is 0 Å². The molecule has 2 aromatic carbocycles. The minimum atomic E-state index is -1.11. The summed E-state index contributed by atoms with van der Waals surface area (Å²) in [5.74, 6) is -3.25. The molecule has 142 valence electrons. The molecule has 0 radical (unpaired) electrons. The number of nitrogens with zero attached hydrogens (tertiary/aromatic N) is 1. The van der Waals surface area contributed by atoms with Gasteiger partial charge in [0.05, 0.1) is 18.5 Å². The molecule has 1 amide bonds. The summed E-state index contributed by atoms with van der Waals surface area (Å²) < 4.78 is 31.9. The first-order chi connectivity index (χ1) is 12.8. The summed E-state index contributed by atoms with van der Waals surface area (Å²) in [5.41, 5.74) is 0.00903. The molecular formula is C18H16F2N2O5. The van der Waals surface area contributed by atoms with Gasteiger partial charge in [0.2, 0.25) is 5.91 Å². The summed E-state index contributed by atoms with van der Waals surface area (Å²) in [5, 5.41) is 13.1. The molecule has 0 fully saturated rings. The summed E-state index contributed by atoms with van der Waals surface area (Å²) in [6.07, 6.45) is -0.595. The van der Waals surface area contributed by atoms with E-state index < -0.39 is 46.5 Å². The van der Waals surface area contributed by atoms with E-state index in [1.54, 1.807) is 0 Å². The highest BCUT2D eigenvalue weighted by Crippen LogP contribution is 2.15. The zero-order chi connectivity index (χ0) is 20.0. The molecule has 2 rings (SSSR count). The number of hydrogen-bond acceptors (Lipinski definition) is 5. The highest BCUT2D eigenvalue weighted by atomic mass is 19.1. The summed E-state index contributed by atoms with van der Waals surface area (Å²) in [7, 11) is 1.13. The molecule has 0 aliphatic heterocycles. The van der Waals surface area contributed by atoms with Crippen molar-refractivity contribution >= 4 is 17.6 Å². The van der Waals surface area contributed by atoms with Gasteiger partial charge in [-0.05, 0) is 17.7 Å². The molecular weight excluding hydrogens is 362 g/mol. The fourth-order valence-electron chi connectivity index (χ4n) is 2.43. The lowest BCUT2D eigenvalue weighted by Crippen LogP contribution is -2.43. The number of non-ortho nitro benzene ring substituents is 1. The van der Waals surface area contributed by atoms with Gasteiger partial charge >= 0.3 is 5.97 Å². The fourth-order valence-corrected chi connectivity index (χ4v) is 2.43. The van der Waals surface area contributed by atoms with Crippen LogP contribution in [0.2, 0.25) is 0 Å². The van der Waals surface area contributed by atoms with Gasteiger partial charge in [-0.15, -0.1) is 0 Å². The third-order valence-electron chi connectivity index (χ3n) is 3.81. The number of nitro groups is 1. The maximum atomic E-state index is 13.7. The van der Waals surface area contributed by atoms with Crippen molar-refractivity contribution in [2.45, 2.75) is 18.9 Å². The molecule has 0 heterocycles. The van der Waals surface area contributed by atoms with Gasteiger partial charge in [-0.25, -0.2) is 13.6 Å². The van der Waals surface area contributed by atoms with Gasteiger partial charge in [0.1, 0.15) is 17.7 Å². The maximum Gasteiger partial charge on any atom is 0.328 e. The molecule has 2 aromatic rings. The van der Waals surface area contributed by atoms with Gasteiger partial charge in [0.25, 0.3) is 5.69 Å². The van der Waals surface area contributed by atoms with Crippen LogP contribution in [0.1, 0.15) is 11.1 Å². The molecule has 0 unspecified atom stereocenters. The number of benzene rings is 2. The van der Waals surface area contributed by atoms with Crippen molar-refractivity contribution in [1.82, 2.24) is 5.32 Å². The lowest BCUT2D eigenvalue weighted by atomic mass is 10.0. The van der Waals surface area contributed by atoms with Crippen LogP contribution in [0.5, 0.6) is 0 Å². The highest BCUT2D eigenvalue weighted by molar-refractivity contribution is 5.85. The number of rotatable bonds is 7. The average Bonchev–Trinajstić information content (AvgIpc) is 2.64. The van der Waals surface area contributed by atoms with Crippen molar-refractivity contribution in [3.05, 3.63) is 75.3 Å². The van der Waals surface area contributed by atoms with Crippen molar-refractivity contribution in [3.63, 3.8) is 0 Å². The van der Waals surface area contributed by atoms with E-state index in [1.165, 1.54) is 30.3 Å². The second-order valence-electron chi connectivity index (χ2n) is 5.65. The van der Waals surface area contributed by atoms with Crippen LogP contribution >= 0.6 is 0 Å². The van der Waals surface area contributed by atoms with Crippen LogP contribution in [0.25, 0.3) is 0 Å². The number of esters is 1. The summed E-state index contributed by atoms with van der Waals surface area (Å²) >= 11 is 0. The summed E-state index contributed by atoms with van der Waals surface area (Å²) in [6.45, 7) is 0. The molecule has 1 atom stereocenters. The van der Waals surface area contributed by atoms with Crippen LogP contribution in [0.4, 0.5) is 14.5 Å². The van der Waals surface area contributed by atoms with E-state index in [-0.39, 0.29) is 12.1 Å². The smallest absolute Gasteiger partial charge is 0.328 e. The van der Waals surface area contributed by atoms with Gasteiger partial charge in [-0.1, -0.05) is 18.2 Å².